The Bertz CT molecular complexity index is 1030. The Hall–Kier alpha value is -2.95. The van der Waals surface area contributed by atoms with E-state index in [-0.39, 0.29) is 0 Å². The first-order valence-corrected chi connectivity index (χ1v) is 7.92. The number of hydrogen-bond acceptors (Lipinski definition) is 4. The maximum atomic E-state index is 5.44. The van der Waals surface area contributed by atoms with Crippen molar-refractivity contribution in [3.63, 3.8) is 0 Å². The van der Waals surface area contributed by atoms with Crippen molar-refractivity contribution < 1.29 is 4.52 Å². The van der Waals surface area contributed by atoms with Gasteiger partial charge in [0.15, 0.2) is 5.82 Å². The van der Waals surface area contributed by atoms with Crippen molar-refractivity contribution in [1.29, 1.82) is 0 Å². The van der Waals surface area contributed by atoms with Gasteiger partial charge in [-0.1, -0.05) is 23.4 Å². The van der Waals surface area contributed by atoms with Gasteiger partial charge in [-0.3, -0.25) is 0 Å². The molecule has 24 heavy (non-hydrogen) atoms. The molecule has 0 unspecified atom stereocenters. The molecular weight excluding hydrogens is 300 g/mol. The van der Waals surface area contributed by atoms with Gasteiger partial charge in [-0.2, -0.15) is 4.98 Å². The summed E-state index contributed by atoms with van der Waals surface area (Å²) in [7, 11) is 0. The first-order chi connectivity index (χ1) is 11.6. The van der Waals surface area contributed by atoms with Gasteiger partial charge in [-0.25, -0.2) is 4.98 Å². The Morgan fingerprint density at radius 3 is 2.62 bits per heavy atom. The number of rotatable bonds is 3. The maximum absolute atomic E-state index is 5.44. The number of imidazole rings is 1. The second-order valence-electron chi connectivity index (χ2n) is 6.13. The molecule has 0 saturated heterocycles. The van der Waals surface area contributed by atoms with E-state index in [0.717, 1.165) is 22.2 Å². The zero-order chi connectivity index (χ0) is 16.7. The minimum absolute atomic E-state index is 0.536. The Morgan fingerprint density at radius 2 is 1.79 bits per heavy atom. The molecule has 4 rings (SSSR count). The molecule has 0 aliphatic heterocycles. The predicted octanol–water partition coefficient (Wildman–Crippen LogP) is 4.06. The zero-order valence-corrected chi connectivity index (χ0v) is 13.9. The molecule has 0 saturated carbocycles. The molecule has 2 heterocycles. The highest BCUT2D eigenvalue weighted by atomic mass is 16.5. The van der Waals surface area contributed by atoms with Crippen LogP contribution in [0.15, 0.2) is 47.2 Å². The number of fused-ring (bicyclic) bond motifs is 1. The third kappa shape index (κ3) is 2.48. The summed E-state index contributed by atoms with van der Waals surface area (Å²) in [4.78, 5) is 9.01. The summed E-state index contributed by atoms with van der Waals surface area (Å²) in [6.45, 7) is 6.78. The fourth-order valence-corrected chi connectivity index (χ4v) is 2.83. The number of benzene rings is 2. The summed E-state index contributed by atoms with van der Waals surface area (Å²) >= 11 is 0. The minimum atomic E-state index is 0.536. The van der Waals surface area contributed by atoms with Crippen molar-refractivity contribution in [3.05, 3.63) is 65.2 Å². The molecule has 0 bridgehead atoms. The van der Waals surface area contributed by atoms with Crippen molar-refractivity contribution in [2.75, 3.05) is 0 Å². The normalized spacial score (nSPS) is 11.3. The lowest BCUT2D eigenvalue weighted by Gasteiger charge is -2.03. The molecule has 0 amide bonds. The van der Waals surface area contributed by atoms with Gasteiger partial charge in [-0.15, -0.1) is 0 Å². The summed E-state index contributed by atoms with van der Waals surface area (Å²) in [5, 5.41) is 4.12. The van der Waals surface area contributed by atoms with E-state index in [1.807, 2.05) is 42.1 Å². The van der Waals surface area contributed by atoms with Gasteiger partial charge in [0.2, 0.25) is 0 Å². The molecule has 0 fully saturated rings. The van der Waals surface area contributed by atoms with Crippen LogP contribution in [0, 0.1) is 20.8 Å². The van der Waals surface area contributed by atoms with Crippen molar-refractivity contribution in [2.24, 2.45) is 0 Å². The van der Waals surface area contributed by atoms with Gasteiger partial charge in [0.05, 0.1) is 23.9 Å². The summed E-state index contributed by atoms with van der Waals surface area (Å²) in [5.41, 5.74) is 6.65. The van der Waals surface area contributed by atoms with Gasteiger partial charge in [0, 0.05) is 5.56 Å². The largest absolute Gasteiger partial charge is 0.334 e. The van der Waals surface area contributed by atoms with Crippen LogP contribution in [0.5, 0.6) is 0 Å². The quantitative estimate of drug-likeness (QED) is 0.571. The molecule has 2 aromatic carbocycles. The monoisotopic (exact) mass is 318 g/mol. The van der Waals surface area contributed by atoms with E-state index in [9.17, 15) is 0 Å². The second-order valence-corrected chi connectivity index (χ2v) is 6.13. The summed E-state index contributed by atoms with van der Waals surface area (Å²) < 4.78 is 7.49. The van der Waals surface area contributed by atoms with Crippen LogP contribution < -0.4 is 0 Å². The molecule has 5 heteroatoms. The highest BCUT2D eigenvalue weighted by molar-refractivity contribution is 5.77. The topological polar surface area (TPSA) is 56.7 Å². The van der Waals surface area contributed by atoms with Gasteiger partial charge < -0.3 is 9.09 Å². The first-order valence-electron chi connectivity index (χ1n) is 7.92. The lowest BCUT2D eigenvalue weighted by molar-refractivity contribution is 0.420. The highest BCUT2D eigenvalue weighted by Crippen LogP contribution is 2.22. The Morgan fingerprint density at radius 1 is 1.00 bits per heavy atom. The van der Waals surface area contributed by atoms with Crippen LogP contribution in [-0.4, -0.2) is 19.7 Å². The fourth-order valence-electron chi connectivity index (χ4n) is 2.83. The van der Waals surface area contributed by atoms with E-state index in [4.69, 9.17) is 4.52 Å². The van der Waals surface area contributed by atoms with Crippen molar-refractivity contribution in [2.45, 2.75) is 27.3 Å². The third-order valence-electron chi connectivity index (χ3n) is 4.39. The average molecular weight is 318 g/mol. The van der Waals surface area contributed by atoms with Crippen molar-refractivity contribution in [1.82, 2.24) is 19.7 Å². The van der Waals surface area contributed by atoms with E-state index < -0.39 is 0 Å². The molecule has 2 aromatic heterocycles. The zero-order valence-electron chi connectivity index (χ0n) is 13.9. The lowest BCUT2D eigenvalue weighted by Crippen LogP contribution is -2.00. The molecular formula is C19H18N4O. The standard InChI is InChI=1S/C19H18N4O/c1-12-6-4-5-7-15(12)19-21-18(22-24-19)10-23-11-20-16-8-13(2)14(3)9-17(16)23/h4-9,11H,10H2,1-3H3. The summed E-state index contributed by atoms with van der Waals surface area (Å²) in [6.07, 6.45) is 1.83. The van der Waals surface area contributed by atoms with Gasteiger partial charge in [-0.05, 0) is 55.7 Å². The van der Waals surface area contributed by atoms with Crippen LogP contribution in [0.3, 0.4) is 0 Å². The van der Waals surface area contributed by atoms with Crippen molar-refractivity contribution >= 4 is 11.0 Å². The number of nitrogens with zero attached hydrogens (tertiary/aromatic N) is 4. The molecule has 120 valence electrons. The SMILES string of the molecule is Cc1cc2ncn(Cc3noc(-c4ccccc4C)n3)c2cc1C. The average Bonchev–Trinajstić information content (AvgIpc) is 3.17. The predicted molar refractivity (Wildman–Crippen MR) is 92.8 cm³/mol. The number of aryl methyl sites for hydroxylation is 3. The number of aromatic nitrogens is 4. The van der Waals surface area contributed by atoms with Crippen LogP contribution in [0.2, 0.25) is 0 Å². The summed E-state index contributed by atoms with van der Waals surface area (Å²) in [6, 6.07) is 12.3. The van der Waals surface area contributed by atoms with Crippen LogP contribution in [0.25, 0.3) is 22.5 Å². The van der Waals surface area contributed by atoms with Crippen LogP contribution in [0.4, 0.5) is 0 Å². The molecule has 5 nitrogen and oxygen atoms in total. The van der Waals surface area contributed by atoms with Crippen molar-refractivity contribution in [3.8, 4) is 11.5 Å². The first kappa shape index (κ1) is 14.6. The summed E-state index contributed by atoms with van der Waals surface area (Å²) in [5.74, 6) is 1.20. The lowest BCUT2D eigenvalue weighted by atomic mass is 10.1. The molecule has 0 atom stereocenters. The maximum Gasteiger partial charge on any atom is 0.258 e. The van der Waals surface area contributed by atoms with E-state index in [1.54, 1.807) is 0 Å². The van der Waals surface area contributed by atoms with E-state index in [1.165, 1.54) is 11.1 Å². The second kappa shape index (κ2) is 5.60. The molecule has 0 radical (unpaired) electrons. The van der Waals surface area contributed by atoms with Crippen LogP contribution >= 0.6 is 0 Å². The van der Waals surface area contributed by atoms with Crippen LogP contribution in [0.1, 0.15) is 22.5 Å². The smallest absolute Gasteiger partial charge is 0.258 e. The molecule has 0 aliphatic rings. The molecule has 0 aliphatic carbocycles. The van der Waals surface area contributed by atoms with Crippen LogP contribution in [-0.2, 0) is 6.54 Å². The van der Waals surface area contributed by atoms with Gasteiger partial charge in [0.1, 0.15) is 0 Å². The Kier molecular flexibility index (Phi) is 3.41. The Labute approximate surface area is 140 Å². The molecule has 0 N–H and O–H groups in total. The van der Waals surface area contributed by atoms with E-state index in [0.29, 0.717) is 18.3 Å². The van der Waals surface area contributed by atoms with E-state index in [2.05, 4.69) is 41.1 Å². The molecule has 0 spiro atoms. The highest BCUT2D eigenvalue weighted by Gasteiger charge is 2.12. The van der Waals surface area contributed by atoms with Gasteiger partial charge >= 0.3 is 0 Å². The molecule has 4 aromatic rings. The van der Waals surface area contributed by atoms with E-state index >= 15 is 0 Å². The minimum Gasteiger partial charge on any atom is -0.334 e. The number of hydrogen-bond donors (Lipinski definition) is 0. The van der Waals surface area contributed by atoms with Gasteiger partial charge in [0.25, 0.3) is 5.89 Å². The Balaban J connectivity index is 1.67. The fraction of sp³-hybridized carbons (Fsp3) is 0.211. The third-order valence-corrected chi connectivity index (χ3v) is 4.39.